The summed E-state index contributed by atoms with van der Waals surface area (Å²) >= 11 is 0. The van der Waals surface area contributed by atoms with Crippen molar-refractivity contribution in [3.05, 3.63) is 83.9 Å². The molecule has 0 aliphatic rings. The third-order valence-corrected chi connectivity index (χ3v) is 5.19. The molecule has 3 N–H and O–H groups in total. The third-order valence-electron chi connectivity index (χ3n) is 5.19. The Balaban J connectivity index is 1.73. The van der Waals surface area contributed by atoms with Crippen LogP contribution >= 0.6 is 0 Å². The van der Waals surface area contributed by atoms with Crippen LogP contribution in [0.5, 0.6) is 11.5 Å². The van der Waals surface area contributed by atoms with Crippen molar-refractivity contribution in [1.29, 1.82) is 0 Å². The molecular weight excluding hydrogens is 404 g/mol. The van der Waals surface area contributed by atoms with Gasteiger partial charge in [0.15, 0.2) is 11.5 Å². The molecule has 0 unspecified atom stereocenters. The average Bonchev–Trinajstić information content (AvgIpc) is 2.86. The molecule has 4 rings (SSSR count). The maximum absolute atomic E-state index is 9.96. The minimum atomic E-state index is -0.337. The van der Waals surface area contributed by atoms with Crippen LogP contribution in [0, 0.1) is 0 Å². The molecule has 4 aromatic rings. The second kappa shape index (κ2) is 9.98. The molecule has 0 saturated carbocycles. The molecule has 1 heterocycles. The molecule has 0 amide bonds. The number of nitrogens with one attached hydrogen (secondary N) is 2. The van der Waals surface area contributed by atoms with Gasteiger partial charge in [0.1, 0.15) is 5.82 Å². The fraction of sp³-hybridized carbons (Fsp3) is 0.200. The van der Waals surface area contributed by atoms with E-state index in [4.69, 9.17) is 14.5 Å². The topological polar surface area (TPSA) is 88.5 Å². The van der Waals surface area contributed by atoms with E-state index in [-0.39, 0.29) is 12.6 Å². The van der Waals surface area contributed by atoms with Crippen LogP contribution in [0.2, 0.25) is 0 Å². The molecule has 1 aromatic heterocycles. The number of aromatic nitrogens is 2. The zero-order valence-corrected chi connectivity index (χ0v) is 18.1. The number of anilines is 2. The monoisotopic (exact) mass is 430 g/mol. The Hall–Kier alpha value is -3.84. The Morgan fingerprint density at radius 2 is 1.53 bits per heavy atom. The van der Waals surface area contributed by atoms with Gasteiger partial charge in [-0.3, -0.25) is 0 Å². The van der Waals surface area contributed by atoms with Gasteiger partial charge < -0.3 is 25.2 Å². The largest absolute Gasteiger partial charge is 0.493 e. The highest BCUT2D eigenvalue weighted by Gasteiger charge is 2.16. The minimum Gasteiger partial charge on any atom is -0.493 e. The van der Waals surface area contributed by atoms with Crippen LogP contribution in [0.15, 0.2) is 72.8 Å². The highest BCUT2D eigenvalue weighted by molar-refractivity contribution is 5.92. The highest BCUT2D eigenvalue weighted by Crippen LogP contribution is 2.35. The van der Waals surface area contributed by atoms with E-state index in [1.165, 1.54) is 0 Å². The molecule has 32 heavy (non-hydrogen) atoms. The Labute approximate surface area is 187 Å². The highest BCUT2D eigenvalue weighted by atomic mass is 16.5. The van der Waals surface area contributed by atoms with Crippen LogP contribution in [0.25, 0.3) is 10.9 Å². The standard InChI is InChI=1S/C25H26N4O3/c1-31-22-13-19-20(14-23(22)32-2)27-25(28-21(16-30)18-11-7-4-8-12-18)29-24(19)26-15-17-9-5-3-6-10-17/h3-14,21,30H,15-16H2,1-2H3,(H2,26,27,28,29)/t21-/m0/s1. The summed E-state index contributed by atoms with van der Waals surface area (Å²) in [6.07, 6.45) is 0. The molecule has 0 aliphatic carbocycles. The summed E-state index contributed by atoms with van der Waals surface area (Å²) in [6, 6.07) is 23.2. The predicted molar refractivity (Wildman–Crippen MR) is 126 cm³/mol. The van der Waals surface area contributed by atoms with Crippen molar-refractivity contribution in [3.8, 4) is 11.5 Å². The fourth-order valence-corrected chi connectivity index (χ4v) is 3.51. The fourth-order valence-electron chi connectivity index (χ4n) is 3.51. The molecule has 0 spiro atoms. The molecule has 0 aliphatic heterocycles. The van der Waals surface area contributed by atoms with Crippen molar-refractivity contribution in [2.75, 3.05) is 31.5 Å². The van der Waals surface area contributed by atoms with Gasteiger partial charge in [-0.25, -0.2) is 4.98 Å². The molecule has 7 heteroatoms. The number of ether oxygens (including phenoxy) is 2. The second-order valence-electron chi connectivity index (χ2n) is 7.25. The quantitative estimate of drug-likeness (QED) is 0.363. The number of rotatable bonds is 9. The molecule has 1 atom stereocenters. The Bertz CT molecular complexity index is 1170. The van der Waals surface area contributed by atoms with Gasteiger partial charge in [-0.1, -0.05) is 60.7 Å². The number of hydrogen-bond donors (Lipinski definition) is 3. The maximum atomic E-state index is 9.96. The first-order chi connectivity index (χ1) is 15.7. The lowest BCUT2D eigenvalue weighted by Crippen LogP contribution is -2.17. The smallest absolute Gasteiger partial charge is 0.225 e. The van der Waals surface area contributed by atoms with Crippen molar-refractivity contribution in [2.45, 2.75) is 12.6 Å². The summed E-state index contributed by atoms with van der Waals surface area (Å²) in [5.74, 6) is 2.25. The lowest BCUT2D eigenvalue weighted by molar-refractivity contribution is 0.276. The third kappa shape index (κ3) is 4.73. The van der Waals surface area contributed by atoms with Gasteiger partial charge in [-0.15, -0.1) is 0 Å². The number of nitrogens with zero attached hydrogens (tertiary/aromatic N) is 2. The molecule has 0 fully saturated rings. The first-order valence-electron chi connectivity index (χ1n) is 10.4. The Kier molecular flexibility index (Phi) is 6.67. The number of aliphatic hydroxyl groups is 1. The summed E-state index contributed by atoms with van der Waals surface area (Å²) in [5, 5.41) is 17.4. The van der Waals surface area contributed by atoms with Crippen molar-refractivity contribution in [2.24, 2.45) is 0 Å². The molecular formula is C25H26N4O3. The lowest BCUT2D eigenvalue weighted by atomic mass is 10.1. The van der Waals surface area contributed by atoms with Crippen molar-refractivity contribution < 1.29 is 14.6 Å². The molecule has 0 bridgehead atoms. The zero-order valence-electron chi connectivity index (χ0n) is 18.1. The number of aliphatic hydroxyl groups excluding tert-OH is 1. The second-order valence-corrected chi connectivity index (χ2v) is 7.25. The zero-order chi connectivity index (χ0) is 22.3. The van der Waals surface area contributed by atoms with E-state index < -0.39 is 0 Å². The van der Waals surface area contributed by atoms with Gasteiger partial charge in [0, 0.05) is 18.0 Å². The number of hydrogen-bond acceptors (Lipinski definition) is 7. The first-order valence-corrected chi connectivity index (χ1v) is 10.4. The molecule has 164 valence electrons. The minimum absolute atomic E-state index is 0.0931. The van der Waals surface area contributed by atoms with E-state index in [9.17, 15) is 5.11 Å². The SMILES string of the molecule is COc1cc2nc(N[C@@H](CO)c3ccccc3)nc(NCc3ccccc3)c2cc1OC. The van der Waals surface area contributed by atoms with E-state index in [2.05, 4.69) is 27.8 Å². The summed E-state index contributed by atoms with van der Waals surface area (Å²) in [4.78, 5) is 9.40. The molecule has 0 radical (unpaired) electrons. The number of fused-ring (bicyclic) bond motifs is 1. The number of methoxy groups -OCH3 is 2. The van der Waals surface area contributed by atoms with E-state index >= 15 is 0 Å². The lowest BCUT2D eigenvalue weighted by Gasteiger charge is -2.19. The average molecular weight is 431 g/mol. The van der Waals surface area contributed by atoms with Crippen LogP contribution in [0.1, 0.15) is 17.2 Å². The first kappa shape index (κ1) is 21.4. The van der Waals surface area contributed by atoms with Gasteiger partial charge >= 0.3 is 0 Å². The Morgan fingerprint density at radius 1 is 0.875 bits per heavy atom. The van der Waals surface area contributed by atoms with Crippen molar-refractivity contribution in [3.63, 3.8) is 0 Å². The molecule has 7 nitrogen and oxygen atoms in total. The van der Waals surface area contributed by atoms with E-state index in [0.29, 0.717) is 35.3 Å². The molecule has 3 aromatic carbocycles. The van der Waals surface area contributed by atoms with Crippen LogP contribution < -0.4 is 20.1 Å². The summed E-state index contributed by atoms with van der Waals surface area (Å²) in [7, 11) is 3.19. The van der Waals surface area contributed by atoms with Crippen LogP contribution in [-0.4, -0.2) is 35.9 Å². The van der Waals surface area contributed by atoms with E-state index in [1.54, 1.807) is 14.2 Å². The van der Waals surface area contributed by atoms with Crippen molar-refractivity contribution in [1.82, 2.24) is 9.97 Å². The van der Waals surface area contributed by atoms with E-state index in [0.717, 1.165) is 16.5 Å². The predicted octanol–water partition coefficient (Wildman–Crippen LogP) is 4.40. The maximum Gasteiger partial charge on any atom is 0.225 e. The van der Waals surface area contributed by atoms with Crippen LogP contribution in [0.3, 0.4) is 0 Å². The van der Waals surface area contributed by atoms with E-state index in [1.807, 2.05) is 60.7 Å². The van der Waals surface area contributed by atoms with Crippen LogP contribution in [-0.2, 0) is 6.54 Å². The Morgan fingerprint density at radius 3 is 2.19 bits per heavy atom. The summed E-state index contributed by atoms with van der Waals surface area (Å²) in [6.45, 7) is 0.507. The summed E-state index contributed by atoms with van der Waals surface area (Å²) < 4.78 is 10.9. The van der Waals surface area contributed by atoms with Gasteiger partial charge in [0.2, 0.25) is 5.95 Å². The van der Waals surface area contributed by atoms with Gasteiger partial charge in [-0.05, 0) is 17.2 Å². The van der Waals surface area contributed by atoms with Gasteiger partial charge in [-0.2, -0.15) is 4.98 Å². The number of benzene rings is 3. The van der Waals surface area contributed by atoms with Gasteiger partial charge in [0.05, 0.1) is 32.4 Å². The van der Waals surface area contributed by atoms with Gasteiger partial charge in [0.25, 0.3) is 0 Å². The normalized spacial score (nSPS) is 11.7. The van der Waals surface area contributed by atoms with Crippen LogP contribution in [0.4, 0.5) is 11.8 Å². The summed E-state index contributed by atoms with van der Waals surface area (Å²) in [5.41, 5.74) is 2.78. The molecule has 0 saturated heterocycles. The van der Waals surface area contributed by atoms with Crippen molar-refractivity contribution >= 4 is 22.7 Å².